The Morgan fingerprint density at radius 3 is 1.65 bits per heavy atom. The molecule has 34 heavy (non-hydrogen) atoms. The number of rotatable bonds is 0. The first kappa shape index (κ1) is 15.9. The molecule has 0 N–H and O–H groups in total. The number of allylic oxidation sites excluding steroid dienone is 2. The molecule has 0 heterocycles. The SMILES string of the molecule is C/C=C1\Cc2cc3ccc4cc5c6c7c(cc8ccc(C)c9c%10c1c2c1c3c4c6c1c%10c7c89)C5. The van der Waals surface area contributed by atoms with E-state index >= 15 is 0 Å². The second kappa shape index (κ2) is 4.42. The number of fused-ring (bicyclic) bond motifs is 2. The quantitative estimate of drug-likeness (QED) is 0.212. The van der Waals surface area contributed by atoms with Crippen LogP contribution in [0.15, 0.2) is 48.5 Å². The van der Waals surface area contributed by atoms with E-state index < -0.39 is 0 Å². The molecule has 0 nitrogen and oxygen atoms in total. The van der Waals surface area contributed by atoms with Crippen LogP contribution in [0.2, 0.25) is 0 Å². The third kappa shape index (κ3) is 1.26. The van der Waals surface area contributed by atoms with Crippen LogP contribution in [0.25, 0.3) is 91.8 Å². The van der Waals surface area contributed by atoms with Crippen molar-refractivity contribution < 1.29 is 0 Å². The molecule has 154 valence electrons. The Labute approximate surface area is 194 Å². The molecular weight excluding hydrogens is 408 g/mol. The maximum Gasteiger partial charge on any atom is -0.0000270 e. The average molecular weight is 427 g/mol. The molecule has 0 radical (unpaired) electrons. The summed E-state index contributed by atoms with van der Waals surface area (Å²) in [6.45, 7) is 4.57. The van der Waals surface area contributed by atoms with E-state index in [-0.39, 0.29) is 0 Å². The van der Waals surface area contributed by atoms with Gasteiger partial charge in [0.15, 0.2) is 0 Å². The van der Waals surface area contributed by atoms with Gasteiger partial charge in [0, 0.05) is 0 Å². The Kier molecular flexibility index (Phi) is 2.06. The first-order valence-corrected chi connectivity index (χ1v) is 12.6. The van der Waals surface area contributed by atoms with E-state index in [0.29, 0.717) is 0 Å². The van der Waals surface area contributed by atoms with Crippen LogP contribution in [0, 0.1) is 6.92 Å². The van der Waals surface area contributed by atoms with Crippen molar-refractivity contribution in [3.8, 4) is 0 Å². The van der Waals surface area contributed by atoms with Crippen molar-refractivity contribution in [1.82, 2.24) is 0 Å². The van der Waals surface area contributed by atoms with Gasteiger partial charge in [0.05, 0.1) is 0 Å². The minimum Gasteiger partial charge on any atom is -0.0835 e. The van der Waals surface area contributed by atoms with Gasteiger partial charge in [0.25, 0.3) is 0 Å². The second-order valence-corrected chi connectivity index (χ2v) is 11.1. The van der Waals surface area contributed by atoms with Crippen LogP contribution in [-0.2, 0) is 12.8 Å². The highest BCUT2D eigenvalue weighted by Crippen LogP contribution is 2.62. The standard InChI is InChI=1S/C34H18/c1-3-14-8-18-10-16-6-7-17-11-20-12-19-9-15-5-4-13(2)21-23(15)30-27(19)28(20)32-25(17)24(16)31-26(18)22(14)29(21)33(30)34(31)32/h3-7,9-11H,8,12H2,1-2H3/b14-3+. The van der Waals surface area contributed by atoms with Gasteiger partial charge in [-0.2, -0.15) is 0 Å². The fourth-order valence-electron chi connectivity index (χ4n) is 8.83. The minimum absolute atomic E-state index is 1.06. The van der Waals surface area contributed by atoms with E-state index in [0.717, 1.165) is 12.8 Å². The molecule has 0 aliphatic heterocycles. The molecule has 0 fully saturated rings. The Bertz CT molecular complexity index is 2430. The summed E-state index contributed by atoms with van der Waals surface area (Å²) in [4.78, 5) is 0. The summed E-state index contributed by atoms with van der Waals surface area (Å²) in [7, 11) is 0. The van der Waals surface area contributed by atoms with E-state index in [4.69, 9.17) is 0 Å². The van der Waals surface area contributed by atoms with Crippen LogP contribution in [-0.4, -0.2) is 0 Å². The average Bonchev–Trinajstić information content (AvgIpc) is 3.57. The fraction of sp³-hybridized carbons (Fsp3) is 0.118. The smallest absolute Gasteiger partial charge is 0.0000270 e. The van der Waals surface area contributed by atoms with E-state index in [1.165, 1.54) is 65.5 Å². The Balaban J connectivity index is 1.73. The zero-order chi connectivity index (χ0) is 21.8. The highest BCUT2D eigenvalue weighted by Gasteiger charge is 2.36. The summed E-state index contributed by atoms with van der Waals surface area (Å²) >= 11 is 0. The zero-order valence-corrected chi connectivity index (χ0v) is 19.0. The Morgan fingerprint density at radius 1 is 0.500 bits per heavy atom. The number of hydrogen-bond donors (Lipinski definition) is 0. The maximum atomic E-state index is 2.52. The van der Waals surface area contributed by atoms with Crippen LogP contribution >= 0.6 is 0 Å². The summed E-state index contributed by atoms with van der Waals surface area (Å²) in [5.74, 6) is 0. The number of aryl methyl sites for hydroxylation is 1. The first-order valence-electron chi connectivity index (χ1n) is 12.6. The number of benzene rings is 7. The van der Waals surface area contributed by atoms with Crippen LogP contribution in [0.5, 0.6) is 0 Å². The molecule has 11 rings (SSSR count). The van der Waals surface area contributed by atoms with E-state index in [2.05, 4.69) is 62.4 Å². The van der Waals surface area contributed by atoms with E-state index in [1.54, 1.807) is 54.0 Å². The van der Waals surface area contributed by atoms with Crippen LogP contribution < -0.4 is 0 Å². The molecule has 9 aromatic rings. The Hall–Kier alpha value is -3.90. The van der Waals surface area contributed by atoms with Crippen molar-refractivity contribution in [2.45, 2.75) is 26.7 Å². The molecule has 0 bridgehead atoms. The normalized spacial score (nSPS) is 16.9. The van der Waals surface area contributed by atoms with Gasteiger partial charge in [0.2, 0.25) is 0 Å². The lowest BCUT2D eigenvalue weighted by atomic mass is 9.90. The van der Waals surface area contributed by atoms with Gasteiger partial charge in [-0.05, 0) is 146 Å². The van der Waals surface area contributed by atoms with Gasteiger partial charge >= 0.3 is 0 Å². The maximum absolute atomic E-state index is 2.52. The lowest BCUT2D eigenvalue weighted by Gasteiger charge is -2.12. The van der Waals surface area contributed by atoms with Crippen LogP contribution in [0.4, 0.5) is 0 Å². The predicted molar refractivity (Wildman–Crippen MR) is 147 cm³/mol. The van der Waals surface area contributed by atoms with Crippen LogP contribution in [0.3, 0.4) is 0 Å². The van der Waals surface area contributed by atoms with Crippen molar-refractivity contribution >= 4 is 91.8 Å². The molecule has 0 heteroatoms. The summed E-state index contributed by atoms with van der Waals surface area (Å²) in [6, 6.07) is 17.1. The topological polar surface area (TPSA) is 0 Å². The molecule has 0 saturated heterocycles. The Morgan fingerprint density at radius 2 is 1.00 bits per heavy atom. The molecule has 0 unspecified atom stereocenters. The van der Waals surface area contributed by atoms with Crippen molar-refractivity contribution in [1.29, 1.82) is 0 Å². The monoisotopic (exact) mass is 426 g/mol. The third-order valence-corrected chi connectivity index (χ3v) is 9.85. The highest BCUT2D eigenvalue weighted by molar-refractivity contribution is 6.57. The predicted octanol–water partition coefficient (Wildman–Crippen LogP) is 9.27. The molecule has 0 amide bonds. The van der Waals surface area contributed by atoms with Crippen molar-refractivity contribution in [2.24, 2.45) is 0 Å². The van der Waals surface area contributed by atoms with Crippen LogP contribution in [0.1, 0.15) is 34.7 Å². The third-order valence-electron chi connectivity index (χ3n) is 9.85. The molecule has 0 spiro atoms. The molecule has 9 aromatic carbocycles. The lowest BCUT2D eigenvalue weighted by molar-refractivity contribution is 1.29. The van der Waals surface area contributed by atoms with Crippen molar-refractivity contribution in [2.75, 3.05) is 0 Å². The summed E-state index contributed by atoms with van der Waals surface area (Å²) in [6.07, 6.45) is 4.52. The lowest BCUT2D eigenvalue weighted by Crippen LogP contribution is -1.85. The fourth-order valence-corrected chi connectivity index (χ4v) is 8.83. The van der Waals surface area contributed by atoms with Gasteiger partial charge in [-0.15, -0.1) is 0 Å². The molecule has 0 saturated carbocycles. The second-order valence-electron chi connectivity index (χ2n) is 11.1. The van der Waals surface area contributed by atoms with Gasteiger partial charge in [0.1, 0.15) is 0 Å². The number of hydrogen-bond acceptors (Lipinski definition) is 0. The molecule has 0 aromatic heterocycles. The van der Waals surface area contributed by atoms with E-state index in [1.807, 2.05) is 0 Å². The highest BCUT2D eigenvalue weighted by atomic mass is 14.4. The molecule has 0 atom stereocenters. The van der Waals surface area contributed by atoms with Gasteiger partial charge in [-0.3, -0.25) is 0 Å². The largest absolute Gasteiger partial charge is 0.0835 e. The first-order chi connectivity index (χ1) is 16.7. The minimum atomic E-state index is 1.06. The van der Waals surface area contributed by atoms with Crippen molar-refractivity contribution in [3.63, 3.8) is 0 Å². The summed E-state index contributed by atoms with van der Waals surface area (Å²) in [5, 5.41) is 24.4. The summed E-state index contributed by atoms with van der Waals surface area (Å²) in [5.41, 5.74) is 9.08. The zero-order valence-electron chi connectivity index (χ0n) is 19.0. The molecule has 2 aliphatic rings. The van der Waals surface area contributed by atoms with E-state index in [9.17, 15) is 0 Å². The van der Waals surface area contributed by atoms with Crippen molar-refractivity contribution in [3.05, 3.63) is 76.4 Å². The molecule has 2 aliphatic carbocycles. The van der Waals surface area contributed by atoms with Gasteiger partial charge < -0.3 is 0 Å². The molecular formula is C34H18. The summed E-state index contributed by atoms with van der Waals surface area (Å²) < 4.78 is 0. The van der Waals surface area contributed by atoms with Gasteiger partial charge in [-0.25, -0.2) is 0 Å². The van der Waals surface area contributed by atoms with Gasteiger partial charge in [-0.1, -0.05) is 48.5 Å².